The van der Waals surface area contributed by atoms with Crippen LogP contribution in [0.2, 0.25) is 0 Å². The summed E-state index contributed by atoms with van der Waals surface area (Å²) < 4.78 is 11.3. The summed E-state index contributed by atoms with van der Waals surface area (Å²) in [5.74, 6) is 0.807. The van der Waals surface area contributed by atoms with Crippen LogP contribution in [0.3, 0.4) is 0 Å². The van der Waals surface area contributed by atoms with Gasteiger partial charge < -0.3 is 9.15 Å². The number of hydrogen-bond acceptors (Lipinski definition) is 5. The average Bonchev–Trinajstić information content (AvgIpc) is 3.41. The lowest BCUT2D eigenvalue weighted by molar-refractivity contribution is -0.122. The van der Waals surface area contributed by atoms with Crippen molar-refractivity contribution in [2.24, 2.45) is 0 Å². The molecule has 1 aromatic heterocycles. The smallest absolute Gasteiger partial charge is 0.270 e. The third kappa shape index (κ3) is 5.01. The van der Waals surface area contributed by atoms with Crippen LogP contribution in [0.15, 0.2) is 119 Å². The van der Waals surface area contributed by atoms with Gasteiger partial charge in [0.25, 0.3) is 11.8 Å². The second-order valence-corrected chi connectivity index (χ2v) is 8.23. The van der Waals surface area contributed by atoms with Crippen LogP contribution in [0.5, 0.6) is 11.5 Å². The molecule has 0 saturated carbocycles. The molecule has 1 aliphatic heterocycles. The van der Waals surface area contributed by atoms with E-state index in [9.17, 15) is 9.59 Å². The number of carbonyl (C=O) groups is 2. The van der Waals surface area contributed by atoms with Crippen LogP contribution in [0, 0.1) is 0 Å². The van der Waals surface area contributed by atoms with E-state index >= 15 is 0 Å². The van der Waals surface area contributed by atoms with Crippen LogP contribution >= 0.6 is 12.2 Å². The highest BCUT2D eigenvalue weighted by molar-refractivity contribution is 7.80. The predicted octanol–water partition coefficient (Wildman–Crippen LogP) is 5.99. The molecule has 6 nitrogen and oxygen atoms in total. The highest BCUT2D eigenvalue weighted by atomic mass is 32.1. The third-order valence-corrected chi connectivity index (χ3v) is 5.71. The summed E-state index contributed by atoms with van der Waals surface area (Å²) in [5.41, 5.74) is 1.93. The topological polar surface area (TPSA) is 71.8 Å². The number of ether oxygens (including phenoxy) is 1. The van der Waals surface area contributed by atoms with Gasteiger partial charge in [-0.2, -0.15) is 0 Å². The minimum absolute atomic E-state index is 0.00940. The van der Waals surface area contributed by atoms with Crippen LogP contribution in [0.1, 0.15) is 11.3 Å². The molecule has 5 rings (SSSR count). The van der Waals surface area contributed by atoms with Crippen LogP contribution in [-0.2, 0) is 9.59 Å². The molecule has 2 amide bonds. The first kappa shape index (κ1) is 23.0. The van der Waals surface area contributed by atoms with Gasteiger partial charge in [-0.15, -0.1) is 0 Å². The molecular weight excluding hydrogens is 472 g/mol. The summed E-state index contributed by atoms with van der Waals surface area (Å²) in [4.78, 5) is 27.6. The Morgan fingerprint density at radius 1 is 0.833 bits per heavy atom. The number of rotatable bonds is 6. The number of hydrogen-bond donors (Lipinski definition) is 1. The number of carbonyl (C=O) groups excluding carboxylic acids is 2. The van der Waals surface area contributed by atoms with E-state index in [1.165, 1.54) is 4.90 Å². The van der Waals surface area contributed by atoms with Gasteiger partial charge in [-0.3, -0.25) is 19.8 Å². The zero-order chi connectivity index (χ0) is 24.9. The van der Waals surface area contributed by atoms with Crippen molar-refractivity contribution < 1.29 is 18.7 Å². The van der Waals surface area contributed by atoms with Crippen molar-refractivity contribution in [2.75, 3.05) is 4.90 Å². The highest BCUT2D eigenvalue weighted by Gasteiger charge is 2.34. The van der Waals surface area contributed by atoms with Gasteiger partial charge in [0.1, 0.15) is 22.8 Å². The first-order valence-corrected chi connectivity index (χ1v) is 11.5. The van der Waals surface area contributed by atoms with Gasteiger partial charge in [0.2, 0.25) is 0 Å². The number of amides is 2. The maximum atomic E-state index is 13.5. The van der Waals surface area contributed by atoms with E-state index in [1.54, 1.807) is 54.8 Å². The molecule has 0 aliphatic carbocycles. The molecule has 36 heavy (non-hydrogen) atoms. The van der Waals surface area contributed by atoms with Gasteiger partial charge in [-0.1, -0.05) is 48.5 Å². The first-order valence-electron chi connectivity index (χ1n) is 11.1. The normalized spacial score (nSPS) is 15.2. The Bertz CT molecular complexity index is 1460. The summed E-state index contributed by atoms with van der Waals surface area (Å²) >= 11 is 5.34. The summed E-state index contributed by atoms with van der Waals surface area (Å²) in [6.07, 6.45) is 4.89. The van der Waals surface area contributed by atoms with E-state index in [4.69, 9.17) is 21.4 Å². The maximum absolute atomic E-state index is 13.5. The fourth-order valence-corrected chi connectivity index (χ4v) is 3.98. The number of nitrogens with zero attached hydrogens (tertiary/aromatic N) is 1. The molecule has 7 heteroatoms. The number of para-hydroxylation sites is 1. The maximum Gasteiger partial charge on any atom is 0.270 e. The minimum Gasteiger partial charge on any atom is -0.465 e. The lowest BCUT2D eigenvalue weighted by atomic mass is 10.00. The van der Waals surface area contributed by atoms with Crippen molar-refractivity contribution in [3.8, 4) is 11.5 Å². The molecule has 1 N–H and O–H groups in total. The van der Waals surface area contributed by atoms with Crippen LogP contribution in [0.4, 0.5) is 5.69 Å². The standard InChI is InChI=1S/C29H20N2O4S/c32-27-26(19-21(18-25-12-7-17-34-25)20-8-3-1-4-9-20)28(33)31(29(36)30-27)22-13-15-24(16-14-22)35-23-10-5-2-6-11-23/h1-19H,(H,30,32,36). The lowest BCUT2D eigenvalue weighted by Crippen LogP contribution is -2.54. The van der Waals surface area contributed by atoms with Gasteiger partial charge in [0, 0.05) is 0 Å². The second-order valence-electron chi connectivity index (χ2n) is 7.85. The van der Waals surface area contributed by atoms with E-state index in [1.807, 2.05) is 60.7 Å². The van der Waals surface area contributed by atoms with Crippen molar-refractivity contribution in [2.45, 2.75) is 0 Å². The molecule has 176 valence electrons. The monoisotopic (exact) mass is 492 g/mol. The van der Waals surface area contributed by atoms with Crippen LogP contribution in [0.25, 0.3) is 11.6 Å². The van der Waals surface area contributed by atoms with E-state index in [2.05, 4.69) is 5.32 Å². The first-order chi connectivity index (χ1) is 17.6. The van der Waals surface area contributed by atoms with E-state index in [0.29, 0.717) is 28.5 Å². The van der Waals surface area contributed by atoms with E-state index in [-0.39, 0.29) is 10.7 Å². The van der Waals surface area contributed by atoms with Crippen molar-refractivity contribution in [3.63, 3.8) is 0 Å². The summed E-state index contributed by atoms with van der Waals surface area (Å²) in [6, 6.07) is 29.3. The molecule has 0 atom stereocenters. The second kappa shape index (κ2) is 10.2. The van der Waals surface area contributed by atoms with Crippen molar-refractivity contribution >= 4 is 46.5 Å². The molecule has 0 radical (unpaired) electrons. The molecule has 4 aromatic rings. The number of nitrogens with one attached hydrogen (secondary N) is 1. The predicted molar refractivity (Wildman–Crippen MR) is 142 cm³/mol. The van der Waals surface area contributed by atoms with Gasteiger partial charge in [0.05, 0.1) is 12.0 Å². The summed E-state index contributed by atoms with van der Waals surface area (Å²) in [5, 5.41) is 2.64. The number of thiocarbonyl (C=S) groups is 1. The van der Waals surface area contributed by atoms with Gasteiger partial charge in [-0.05, 0) is 84.0 Å². The molecule has 2 heterocycles. The quantitative estimate of drug-likeness (QED) is 0.203. The molecule has 1 aliphatic rings. The molecule has 1 fully saturated rings. The van der Waals surface area contributed by atoms with Crippen molar-refractivity contribution in [3.05, 3.63) is 126 Å². The van der Waals surface area contributed by atoms with Gasteiger partial charge in [-0.25, -0.2) is 0 Å². The summed E-state index contributed by atoms with van der Waals surface area (Å²) in [6.45, 7) is 0. The van der Waals surface area contributed by atoms with Gasteiger partial charge >= 0.3 is 0 Å². The Labute approximate surface area is 213 Å². The SMILES string of the molecule is O=C1NC(=S)N(c2ccc(Oc3ccccc3)cc2)C(=O)C1=CC(=Cc1ccco1)c1ccccc1. The number of anilines is 1. The van der Waals surface area contributed by atoms with E-state index < -0.39 is 11.8 Å². The Morgan fingerprint density at radius 3 is 2.17 bits per heavy atom. The molecule has 3 aromatic carbocycles. The largest absolute Gasteiger partial charge is 0.465 e. The minimum atomic E-state index is -0.563. The van der Waals surface area contributed by atoms with Gasteiger partial charge in [0.15, 0.2) is 5.11 Å². The number of furan rings is 1. The van der Waals surface area contributed by atoms with Crippen LogP contribution in [-0.4, -0.2) is 16.9 Å². The Balaban J connectivity index is 1.47. The van der Waals surface area contributed by atoms with Crippen molar-refractivity contribution in [1.82, 2.24) is 5.32 Å². The average molecular weight is 493 g/mol. The molecule has 0 bridgehead atoms. The Morgan fingerprint density at radius 2 is 1.50 bits per heavy atom. The number of allylic oxidation sites excluding steroid dienone is 2. The zero-order valence-corrected chi connectivity index (χ0v) is 19.8. The third-order valence-electron chi connectivity index (χ3n) is 5.42. The van der Waals surface area contributed by atoms with Crippen molar-refractivity contribution in [1.29, 1.82) is 0 Å². The lowest BCUT2D eigenvalue weighted by Gasteiger charge is -2.29. The molecule has 1 saturated heterocycles. The molecular formula is C29H20N2O4S. The fraction of sp³-hybridized carbons (Fsp3) is 0. The Kier molecular flexibility index (Phi) is 6.55. The highest BCUT2D eigenvalue weighted by Crippen LogP contribution is 2.28. The zero-order valence-electron chi connectivity index (χ0n) is 19.0. The summed E-state index contributed by atoms with van der Waals surface area (Å²) in [7, 11) is 0. The fourth-order valence-electron chi connectivity index (χ4n) is 3.70. The van der Waals surface area contributed by atoms with E-state index in [0.717, 1.165) is 5.56 Å². The Hall–Kier alpha value is -4.75. The number of benzene rings is 3. The molecule has 0 unspecified atom stereocenters. The molecule has 0 spiro atoms. The van der Waals surface area contributed by atoms with Crippen LogP contribution < -0.4 is 15.0 Å².